The topological polar surface area (TPSA) is 58.9 Å². The number of hydrogen-bond donors (Lipinski definition) is 1. The molecule has 2 aromatic rings. The van der Waals surface area contributed by atoms with Crippen LogP contribution in [-0.2, 0) is 7.05 Å². The fourth-order valence-corrected chi connectivity index (χ4v) is 3.07. The Bertz CT molecular complexity index is 540. The first-order chi connectivity index (χ1) is 9.22. The zero-order valence-electron chi connectivity index (χ0n) is 11.2. The first-order valence-corrected chi connectivity index (χ1v) is 7.29. The van der Waals surface area contributed by atoms with Crippen molar-refractivity contribution in [3.05, 3.63) is 18.2 Å². The number of anilines is 2. The van der Waals surface area contributed by atoms with Crippen molar-refractivity contribution in [2.45, 2.75) is 25.8 Å². The summed E-state index contributed by atoms with van der Waals surface area (Å²) in [5.74, 6) is 1.91. The molecule has 0 aromatic carbocycles. The lowest BCUT2D eigenvalue weighted by atomic mass is 10.1. The maximum absolute atomic E-state index is 4.40. The van der Waals surface area contributed by atoms with Crippen LogP contribution in [0.5, 0.6) is 0 Å². The van der Waals surface area contributed by atoms with Crippen molar-refractivity contribution >= 4 is 22.6 Å². The van der Waals surface area contributed by atoms with Crippen molar-refractivity contribution in [3.63, 3.8) is 0 Å². The molecule has 3 heterocycles. The summed E-state index contributed by atoms with van der Waals surface area (Å²) in [6, 6.07) is 0.490. The highest BCUT2D eigenvalue weighted by Gasteiger charge is 2.22. The standard InChI is InChI=1S/C12H18N6S/c1-9-14-11(19-16-9)15-10-3-6-18(7-4-10)12-13-5-8-17(12)2/h5,8,10H,3-4,6-7H2,1-2H3,(H,14,15,16). The number of aromatic nitrogens is 4. The van der Waals surface area contributed by atoms with Crippen LogP contribution in [0, 0.1) is 6.92 Å². The smallest absolute Gasteiger partial charge is 0.205 e. The van der Waals surface area contributed by atoms with Gasteiger partial charge in [0.1, 0.15) is 5.82 Å². The lowest BCUT2D eigenvalue weighted by Crippen LogP contribution is -2.40. The fourth-order valence-electron chi connectivity index (χ4n) is 2.42. The number of piperidine rings is 1. The minimum atomic E-state index is 0.490. The number of nitrogens with zero attached hydrogens (tertiary/aromatic N) is 5. The first-order valence-electron chi connectivity index (χ1n) is 6.51. The van der Waals surface area contributed by atoms with Crippen LogP contribution < -0.4 is 10.2 Å². The zero-order chi connectivity index (χ0) is 13.2. The summed E-state index contributed by atoms with van der Waals surface area (Å²) in [7, 11) is 2.04. The molecule has 1 aliphatic rings. The van der Waals surface area contributed by atoms with E-state index >= 15 is 0 Å². The van der Waals surface area contributed by atoms with Gasteiger partial charge in [0.25, 0.3) is 0 Å². The van der Waals surface area contributed by atoms with Gasteiger partial charge in [-0.15, -0.1) is 0 Å². The summed E-state index contributed by atoms with van der Waals surface area (Å²) in [4.78, 5) is 11.1. The highest BCUT2D eigenvalue weighted by molar-refractivity contribution is 7.09. The summed E-state index contributed by atoms with van der Waals surface area (Å²) < 4.78 is 6.26. The van der Waals surface area contributed by atoms with Gasteiger partial charge in [-0.2, -0.15) is 4.37 Å². The Hall–Kier alpha value is -1.63. The fraction of sp³-hybridized carbons (Fsp3) is 0.583. The predicted molar refractivity (Wildman–Crippen MR) is 76.7 cm³/mol. The molecule has 0 bridgehead atoms. The molecule has 3 rings (SSSR count). The summed E-state index contributed by atoms with van der Waals surface area (Å²) in [6.45, 7) is 3.98. The second kappa shape index (κ2) is 5.16. The van der Waals surface area contributed by atoms with Crippen molar-refractivity contribution in [3.8, 4) is 0 Å². The number of nitrogens with one attached hydrogen (secondary N) is 1. The molecule has 6 nitrogen and oxygen atoms in total. The van der Waals surface area contributed by atoms with E-state index in [-0.39, 0.29) is 0 Å². The molecule has 7 heteroatoms. The monoisotopic (exact) mass is 278 g/mol. The van der Waals surface area contributed by atoms with Gasteiger partial charge in [0.2, 0.25) is 11.1 Å². The lowest BCUT2D eigenvalue weighted by molar-refractivity contribution is 0.516. The van der Waals surface area contributed by atoms with E-state index in [1.54, 1.807) is 0 Å². The summed E-state index contributed by atoms with van der Waals surface area (Å²) in [5, 5.41) is 4.41. The summed E-state index contributed by atoms with van der Waals surface area (Å²) >= 11 is 1.44. The van der Waals surface area contributed by atoms with Gasteiger partial charge in [-0.25, -0.2) is 9.97 Å². The molecule has 0 spiro atoms. The van der Waals surface area contributed by atoms with Crippen molar-refractivity contribution in [1.29, 1.82) is 0 Å². The average Bonchev–Trinajstić information content (AvgIpc) is 3.00. The Morgan fingerprint density at radius 3 is 2.74 bits per heavy atom. The molecule has 1 N–H and O–H groups in total. The highest BCUT2D eigenvalue weighted by Crippen LogP contribution is 2.21. The SMILES string of the molecule is Cc1nsc(NC2CCN(c3nccn3C)CC2)n1. The Morgan fingerprint density at radius 2 is 2.16 bits per heavy atom. The third-order valence-electron chi connectivity index (χ3n) is 3.43. The van der Waals surface area contributed by atoms with E-state index in [9.17, 15) is 0 Å². The van der Waals surface area contributed by atoms with Crippen LogP contribution in [0.1, 0.15) is 18.7 Å². The Labute approximate surface area is 116 Å². The Morgan fingerprint density at radius 1 is 1.37 bits per heavy atom. The molecular weight excluding hydrogens is 260 g/mol. The maximum atomic E-state index is 4.40. The number of aryl methyl sites for hydroxylation is 2. The zero-order valence-corrected chi connectivity index (χ0v) is 12.0. The van der Waals surface area contributed by atoms with E-state index in [1.807, 2.05) is 26.4 Å². The molecule has 19 heavy (non-hydrogen) atoms. The molecule has 2 aromatic heterocycles. The van der Waals surface area contributed by atoms with E-state index in [0.717, 1.165) is 42.8 Å². The molecular formula is C12H18N6S. The average molecular weight is 278 g/mol. The van der Waals surface area contributed by atoms with Gasteiger partial charge in [-0.05, 0) is 19.8 Å². The van der Waals surface area contributed by atoms with E-state index in [2.05, 4.69) is 29.1 Å². The normalized spacial score (nSPS) is 16.8. The molecule has 0 amide bonds. The van der Waals surface area contributed by atoms with Crippen LogP contribution in [0.2, 0.25) is 0 Å². The molecule has 102 valence electrons. The van der Waals surface area contributed by atoms with Crippen LogP contribution in [-0.4, -0.2) is 38.0 Å². The van der Waals surface area contributed by atoms with E-state index in [1.165, 1.54) is 11.5 Å². The molecule has 0 aliphatic carbocycles. The largest absolute Gasteiger partial charge is 0.357 e. The van der Waals surface area contributed by atoms with Gasteiger partial charge in [0.05, 0.1) is 0 Å². The van der Waals surface area contributed by atoms with Crippen LogP contribution in [0.4, 0.5) is 11.1 Å². The Kier molecular flexibility index (Phi) is 3.37. The van der Waals surface area contributed by atoms with E-state index < -0.39 is 0 Å². The third kappa shape index (κ3) is 2.70. The number of imidazole rings is 1. The van der Waals surface area contributed by atoms with Gasteiger partial charge in [0.15, 0.2) is 0 Å². The maximum Gasteiger partial charge on any atom is 0.205 e. The van der Waals surface area contributed by atoms with Crippen LogP contribution in [0.3, 0.4) is 0 Å². The van der Waals surface area contributed by atoms with E-state index in [4.69, 9.17) is 0 Å². The van der Waals surface area contributed by atoms with Crippen molar-refractivity contribution in [1.82, 2.24) is 18.9 Å². The van der Waals surface area contributed by atoms with Crippen molar-refractivity contribution in [2.75, 3.05) is 23.3 Å². The first kappa shape index (κ1) is 12.4. The molecule has 1 fully saturated rings. The minimum absolute atomic E-state index is 0.490. The Balaban J connectivity index is 1.56. The number of rotatable bonds is 3. The van der Waals surface area contributed by atoms with Crippen LogP contribution >= 0.6 is 11.5 Å². The molecule has 1 saturated heterocycles. The lowest BCUT2D eigenvalue weighted by Gasteiger charge is -2.32. The van der Waals surface area contributed by atoms with E-state index in [0.29, 0.717) is 6.04 Å². The van der Waals surface area contributed by atoms with Crippen LogP contribution in [0.15, 0.2) is 12.4 Å². The van der Waals surface area contributed by atoms with Gasteiger partial charge >= 0.3 is 0 Å². The van der Waals surface area contributed by atoms with Crippen LogP contribution in [0.25, 0.3) is 0 Å². The molecule has 0 saturated carbocycles. The molecule has 1 aliphatic heterocycles. The van der Waals surface area contributed by atoms with Crippen molar-refractivity contribution < 1.29 is 0 Å². The summed E-state index contributed by atoms with van der Waals surface area (Å²) in [5.41, 5.74) is 0. The highest BCUT2D eigenvalue weighted by atomic mass is 32.1. The van der Waals surface area contributed by atoms with Gasteiger partial charge in [-0.3, -0.25) is 0 Å². The van der Waals surface area contributed by atoms with Gasteiger partial charge in [0, 0.05) is 50.1 Å². The van der Waals surface area contributed by atoms with Gasteiger partial charge < -0.3 is 14.8 Å². The third-order valence-corrected chi connectivity index (χ3v) is 4.17. The quantitative estimate of drug-likeness (QED) is 0.925. The van der Waals surface area contributed by atoms with Gasteiger partial charge in [-0.1, -0.05) is 0 Å². The summed E-state index contributed by atoms with van der Waals surface area (Å²) in [6.07, 6.45) is 6.05. The molecule has 0 atom stereocenters. The second-order valence-electron chi connectivity index (χ2n) is 4.89. The van der Waals surface area contributed by atoms with Crippen molar-refractivity contribution in [2.24, 2.45) is 7.05 Å². The molecule has 0 radical (unpaired) electrons. The second-order valence-corrected chi connectivity index (χ2v) is 5.64. The predicted octanol–water partition coefficient (Wildman–Crippen LogP) is 1.66. The molecule has 0 unspecified atom stereocenters. The number of hydrogen-bond acceptors (Lipinski definition) is 6. The minimum Gasteiger partial charge on any atom is -0.357 e.